The number of phenols is 3. The number of carbonyl (C=O) groups is 1. The summed E-state index contributed by atoms with van der Waals surface area (Å²) in [6.45, 7) is 3.93. The molecule has 0 spiro atoms. The first-order chi connectivity index (χ1) is 9.22. The predicted molar refractivity (Wildman–Crippen MR) is 73.8 cm³/mol. The highest BCUT2D eigenvalue weighted by Gasteiger charge is 2.25. The van der Waals surface area contributed by atoms with Crippen LogP contribution in [-0.4, -0.2) is 44.4 Å². The Morgan fingerprint density at radius 1 is 1.20 bits per heavy atom. The molecular formula is C14H21NO5. The van der Waals surface area contributed by atoms with Gasteiger partial charge in [-0.25, -0.2) is 0 Å². The Morgan fingerprint density at radius 3 is 2.10 bits per heavy atom. The van der Waals surface area contributed by atoms with Gasteiger partial charge in [0.15, 0.2) is 0 Å². The second kappa shape index (κ2) is 6.47. The maximum absolute atomic E-state index is 11.3. The molecule has 0 aliphatic carbocycles. The number of benzene rings is 1. The molecule has 1 aromatic carbocycles. The van der Waals surface area contributed by atoms with Crippen molar-refractivity contribution in [3.8, 4) is 17.2 Å². The summed E-state index contributed by atoms with van der Waals surface area (Å²) in [5.74, 6) is -1.51. The van der Waals surface area contributed by atoms with Gasteiger partial charge in [-0.05, 0) is 19.4 Å². The molecule has 6 nitrogen and oxygen atoms in total. The van der Waals surface area contributed by atoms with E-state index in [0.717, 1.165) is 12.1 Å². The van der Waals surface area contributed by atoms with Crippen LogP contribution in [0.1, 0.15) is 25.8 Å². The fourth-order valence-corrected chi connectivity index (χ4v) is 2.06. The lowest BCUT2D eigenvalue weighted by Gasteiger charge is -2.26. The number of hydrogen-bond donors (Lipinski definition) is 4. The number of carboxylic acid groups (broad SMARTS) is 1. The summed E-state index contributed by atoms with van der Waals surface area (Å²) in [6, 6.07) is 1.52. The minimum Gasteiger partial charge on any atom is -0.508 e. The highest BCUT2D eigenvalue weighted by molar-refractivity contribution is 5.73. The Morgan fingerprint density at radius 2 is 1.70 bits per heavy atom. The highest BCUT2D eigenvalue weighted by atomic mass is 16.4. The van der Waals surface area contributed by atoms with Gasteiger partial charge in [0.25, 0.3) is 0 Å². The Bertz CT molecular complexity index is 463. The van der Waals surface area contributed by atoms with Gasteiger partial charge in [-0.15, -0.1) is 0 Å². The first-order valence-electron chi connectivity index (χ1n) is 6.39. The van der Waals surface area contributed by atoms with E-state index in [1.807, 2.05) is 13.8 Å². The Balaban J connectivity index is 2.93. The normalized spacial score (nSPS) is 12.8. The third kappa shape index (κ3) is 4.03. The monoisotopic (exact) mass is 283 g/mol. The van der Waals surface area contributed by atoms with Gasteiger partial charge in [0, 0.05) is 24.2 Å². The summed E-state index contributed by atoms with van der Waals surface area (Å²) in [5.41, 5.74) is 0.195. The zero-order valence-electron chi connectivity index (χ0n) is 11.9. The summed E-state index contributed by atoms with van der Waals surface area (Å²) in [6.07, 6.45) is 0.464. The first kappa shape index (κ1) is 16.1. The van der Waals surface area contributed by atoms with Crippen molar-refractivity contribution in [3.05, 3.63) is 17.7 Å². The molecule has 0 fully saturated rings. The Labute approximate surface area is 117 Å². The average molecular weight is 283 g/mol. The van der Waals surface area contributed by atoms with E-state index in [1.54, 1.807) is 11.9 Å². The molecule has 0 saturated heterocycles. The van der Waals surface area contributed by atoms with Crippen LogP contribution >= 0.6 is 0 Å². The second-order valence-electron chi connectivity index (χ2n) is 5.36. The molecule has 4 N–H and O–H groups in total. The lowest BCUT2D eigenvalue weighted by molar-refractivity contribution is -0.143. The molecule has 0 bridgehead atoms. The fourth-order valence-electron chi connectivity index (χ4n) is 2.06. The van der Waals surface area contributed by atoms with Crippen LogP contribution in [0.2, 0.25) is 0 Å². The molecule has 1 aromatic rings. The van der Waals surface area contributed by atoms with Crippen LogP contribution in [0.3, 0.4) is 0 Å². The maximum atomic E-state index is 11.3. The molecule has 0 unspecified atom stereocenters. The van der Waals surface area contributed by atoms with Gasteiger partial charge in [-0.2, -0.15) is 0 Å². The lowest BCUT2D eigenvalue weighted by atomic mass is 10.0. The van der Waals surface area contributed by atoms with Gasteiger partial charge in [0.05, 0.1) is 0 Å². The minimum atomic E-state index is -0.945. The summed E-state index contributed by atoms with van der Waals surface area (Å²) >= 11 is 0. The van der Waals surface area contributed by atoms with Crippen LogP contribution in [0.5, 0.6) is 17.2 Å². The minimum absolute atomic E-state index is 0.0711. The molecule has 0 amide bonds. The van der Waals surface area contributed by atoms with E-state index in [-0.39, 0.29) is 35.3 Å². The molecule has 0 radical (unpaired) electrons. The third-order valence-electron chi connectivity index (χ3n) is 3.11. The largest absolute Gasteiger partial charge is 0.508 e. The van der Waals surface area contributed by atoms with Crippen LogP contribution < -0.4 is 0 Å². The van der Waals surface area contributed by atoms with E-state index in [2.05, 4.69) is 0 Å². The third-order valence-corrected chi connectivity index (χ3v) is 3.11. The van der Waals surface area contributed by atoms with Crippen molar-refractivity contribution < 1.29 is 25.2 Å². The molecule has 0 aliphatic rings. The smallest absolute Gasteiger partial charge is 0.320 e. The second-order valence-corrected chi connectivity index (χ2v) is 5.36. The Hall–Kier alpha value is -1.95. The zero-order valence-corrected chi connectivity index (χ0v) is 11.9. The molecule has 0 aliphatic heterocycles. The molecule has 0 heterocycles. The number of hydrogen-bond acceptors (Lipinski definition) is 5. The van der Waals surface area contributed by atoms with E-state index < -0.39 is 12.0 Å². The van der Waals surface area contributed by atoms with Gasteiger partial charge in [0.2, 0.25) is 0 Å². The quantitative estimate of drug-likeness (QED) is 0.634. The number of phenolic OH excluding ortho intramolecular Hbond substituents is 3. The Kier molecular flexibility index (Phi) is 5.21. The molecular weight excluding hydrogens is 262 g/mol. The van der Waals surface area contributed by atoms with Gasteiger partial charge in [-0.3, -0.25) is 9.69 Å². The van der Waals surface area contributed by atoms with E-state index in [1.165, 1.54) is 0 Å². The molecule has 6 heteroatoms. The van der Waals surface area contributed by atoms with Crippen molar-refractivity contribution in [3.63, 3.8) is 0 Å². The standard InChI is InChI=1S/C14H21NO5/c1-8(2)4-11(14(19)20)15(3)7-10-12(17)5-9(16)6-13(10)18/h5-6,8,11,16-18H,4,7H2,1-3H3,(H,19,20)/t11-/m0/s1. The number of rotatable bonds is 6. The van der Waals surface area contributed by atoms with E-state index in [4.69, 9.17) is 0 Å². The van der Waals surface area contributed by atoms with E-state index >= 15 is 0 Å². The first-order valence-corrected chi connectivity index (χ1v) is 6.39. The van der Waals surface area contributed by atoms with Gasteiger partial charge < -0.3 is 20.4 Å². The predicted octanol–water partition coefficient (Wildman–Crippen LogP) is 1.73. The number of carboxylic acids is 1. The maximum Gasteiger partial charge on any atom is 0.320 e. The topological polar surface area (TPSA) is 101 Å². The van der Waals surface area contributed by atoms with Crippen molar-refractivity contribution in [2.45, 2.75) is 32.9 Å². The summed E-state index contributed by atoms with van der Waals surface area (Å²) in [5, 5.41) is 37.9. The number of aromatic hydroxyl groups is 3. The van der Waals surface area contributed by atoms with Crippen LogP contribution in [0.15, 0.2) is 12.1 Å². The number of aliphatic carboxylic acids is 1. The molecule has 20 heavy (non-hydrogen) atoms. The van der Waals surface area contributed by atoms with Crippen molar-refractivity contribution >= 4 is 5.97 Å². The number of nitrogens with zero attached hydrogens (tertiary/aromatic N) is 1. The van der Waals surface area contributed by atoms with Crippen LogP contribution in [0.4, 0.5) is 0 Å². The number of likely N-dealkylation sites (N-methyl/N-ethyl adjacent to an activating group) is 1. The molecule has 1 atom stereocenters. The van der Waals surface area contributed by atoms with Gasteiger partial charge >= 0.3 is 5.97 Å². The lowest BCUT2D eigenvalue weighted by Crippen LogP contribution is -2.39. The van der Waals surface area contributed by atoms with Crippen molar-refractivity contribution in [2.75, 3.05) is 7.05 Å². The van der Waals surface area contributed by atoms with E-state index in [9.17, 15) is 25.2 Å². The molecule has 1 rings (SSSR count). The van der Waals surface area contributed by atoms with Gasteiger partial charge in [0.1, 0.15) is 23.3 Å². The van der Waals surface area contributed by atoms with Crippen LogP contribution in [0, 0.1) is 5.92 Å². The van der Waals surface area contributed by atoms with Gasteiger partial charge in [-0.1, -0.05) is 13.8 Å². The van der Waals surface area contributed by atoms with Crippen molar-refractivity contribution in [1.29, 1.82) is 0 Å². The summed E-state index contributed by atoms with van der Waals surface area (Å²) in [4.78, 5) is 12.8. The van der Waals surface area contributed by atoms with Crippen LogP contribution in [0.25, 0.3) is 0 Å². The molecule has 112 valence electrons. The zero-order chi connectivity index (χ0) is 15.4. The van der Waals surface area contributed by atoms with Crippen LogP contribution in [-0.2, 0) is 11.3 Å². The average Bonchev–Trinajstić information content (AvgIpc) is 2.29. The SMILES string of the molecule is CC(C)C[C@@H](C(=O)O)N(C)Cc1c(O)cc(O)cc1O. The summed E-state index contributed by atoms with van der Waals surface area (Å²) < 4.78 is 0. The van der Waals surface area contributed by atoms with Crippen molar-refractivity contribution in [1.82, 2.24) is 4.90 Å². The molecule has 0 aromatic heterocycles. The van der Waals surface area contributed by atoms with Crippen molar-refractivity contribution in [2.24, 2.45) is 5.92 Å². The summed E-state index contributed by atoms with van der Waals surface area (Å²) in [7, 11) is 1.62. The fraction of sp³-hybridized carbons (Fsp3) is 0.500. The molecule has 0 saturated carbocycles. The highest BCUT2D eigenvalue weighted by Crippen LogP contribution is 2.33. The van der Waals surface area contributed by atoms with E-state index in [0.29, 0.717) is 6.42 Å².